The molecule has 1 aliphatic heterocycles. The van der Waals surface area contributed by atoms with E-state index in [9.17, 15) is 4.79 Å². The third-order valence-electron chi connectivity index (χ3n) is 3.79. The van der Waals surface area contributed by atoms with Gasteiger partial charge in [0.05, 0.1) is 11.6 Å². The molecule has 5 heteroatoms. The number of benzene rings is 1. The maximum atomic E-state index is 12.2. The molecule has 1 aliphatic rings. The first kappa shape index (κ1) is 15.2. The molecule has 3 rings (SSSR count). The smallest absolute Gasteiger partial charge is 0.270 e. The molecule has 0 unspecified atom stereocenters. The lowest BCUT2D eigenvalue weighted by Crippen LogP contribution is -2.32. The standard InChI is InChI=1S/C17H20N2O2S/c1-2-5-16-19-14(11-22-16)17(20)18-10-15-13-7-4-3-6-12(13)8-9-21-15/h3-4,6-7,11,15H,2,5,8-10H2,1H3,(H,18,20)/t15-/m0/s1. The Morgan fingerprint density at radius 1 is 1.45 bits per heavy atom. The molecule has 0 fully saturated rings. The zero-order valence-corrected chi connectivity index (χ0v) is 13.5. The molecule has 0 saturated carbocycles. The van der Waals surface area contributed by atoms with Crippen molar-refractivity contribution < 1.29 is 9.53 Å². The molecule has 0 saturated heterocycles. The van der Waals surface area contributed by atoms with Crippen LogP contribution in [0.4, 0.5) is 0 Å². The fourth-order valence-corrected chi connectivity index (χ4v) is 3.55. The molecular weight excluding hydrogens is 296 g/mol. The van der Waals surface area contributed by atoms with Gasteiger partial charge in [0, 0.05) is 11.9 Å². The third kappa shape index (κ3) is 3.36. The highest BCUT2D eigenvalue weighted by molar-refractivity contribution is 7.09. The summed E-state index contributed by atoms with van der Waals surface area (Å²) >= 11 is 1.55. The van der Waals surface area contributed by atoms with E-state index >= 15 is 0 Å². The van der Waals surface area contributed by atoms with E-state index in [0.717, 1.165) is 24.3 Å². The van der Waals surface area contributed by atoms with Gasteiger partial charge >= 0.3 is 0 Å². The van der Waals surface area contributed by atoms with Crippen LogP contribution >= 0.6 is 11.3 Å². The van der Waals surface area contributed by atoms with Gasteiger partial charge in [0.15, 0.2) is 0 Å². The summed E-state index contributed by atoms with van der Waals surface area (Å²) < 4.78 is 5.80. The number of amides is 1. The fourth-order valence-electron chi connectivity index (χ4n) is 2.67. The minimum absolute atomic E-state index is 0.0670. The predicted octanol–water partition coefficient (Wildman–Crippen LogP) is 3.14. The van der Waals surface area contributed by atoms with Crippen LogP contribution in [-0.2, 0) is 17.6 Å². The van der Waals surface area contributed by atoms with Crippen molar-refractivity contribution in [3.63, 3.8) is 0 Å². The maximum absolute atomic E-state index is 12.2. The van der Waals surface area contributed by atoms with E-state index in [1.165, 1.54) is 11.1 Å². The van der Waals surface area contributed by atoms with Gasteiger partial charge in [0.1, 0.15) is 11.8 Å². The number of carbonyl (C=O) groups is 1. The molecule has 1 N–H and O–H groups in total. The van der Waals surface area contributed by atoms with Gasteiger partial charge < -0.3 is 10.1 Å². The quantitative estimate of drug-likeness (QED) is 0.922. The zero-order chi connectivity index (χ0) is 15.4. The van der Waals surface area contributed by atoms with Crippen LogP contribution in [0.2, 0.25) is 0 Å². The van der Waals surface area contributed by atoms with Gasteiger partial charge in [-0.1, -0.05) is 31.2 Å². The van der Waals surface area contributed by atoms with Crippen LogP contribution < -0.4 is 5.32 Å². The summed E-state index contributed by atoms with van der Waals surface area (Å²) in [5.41, 5.74) is 3.00. The minimum Gasteiger partial charge on any atom is -0.371 e. The van der Waals surface area contributed by atoms with E-state index in [2.05, 4.69) is 29.4 Å². The second-order valence-corrected chi connectivity index (χ2v) is 6.34. The number of hydrogen-bond acceptors (Lipinski definition) is 4. The van der Waals surface area contributed by atoms with Gasteiger partial charge in [-0.05, 0) is 30.4 Å². The number of nitrogens with one attached hydrogen (secondary N) is 1. The van der Waals surface area contributed by atoms with Crippen LogP contribution in [-0.4, -0.2) is 24.0 Å². The summed E-state index contributed by atoms with van der Waals surface area (Å²) in [6, 6.07) is 8.27. The van der Waals surface area contributed by atoms with Crippen LogP contribution in [0.1, 0.15) is 46.1 Å². The number of carbonyl (C=O) groups excluding carboxylic acids is 1. The van der Waals surface area contributed by atoms with Gasteiger partial charge in [-0.2, -0.15) is 0 Å². The monoisotopic (exact) mass is 316 g/mol. The van der Waals surface area contributed by atoms with Crippen molar-refractivity contribution in [3.8, 4) is 0 Å². The Kier molecular flexibility index (Phi) is 4.85. The van der Waals surface area contributed by atoms with Gasteiger partial charge in [0.25, 0.3) is 5.91 Å². The highest BCUT2D eigenvalue weighted by Crippen LogP contribution is 2.26. The van der Waals surface area contributed by atoms with Crippen molar-refractivity contribution in [2.45, 2.75) is 32.3 Å². The normalized spacial score (nSPS) is 17.0. The Balaban J connectivity index is 1.61. The molecule has 4 nitrogen and oxygen atoms in total. The van der Waals surface area contributed by atoms with Gasteiger partial charge in [-0.3, -0.25) is 4.79 Å². The van der Waals surface area contributed by atoms with Crippen LogP contribution in [0.25, 0.3) is 0 Å². The number of aromatic nitrogens is 1. The van der Waals surface area contributed by atoms with Crippen molar-refractivity contribution in [1.82, 2.24) is 10.3 Å². The molecule has 1 amide bonds. The molecule has 116 valence electrons. The molecule has 2 heterocycles. The highest BCUT2D eigenvalue weighted by atomic mass is 32.1. The predicted molar refractivity (Wildman–Crippen MR) is 87.3 cm³/mol. The van der Waals surface area contributed by atoms with Crippen molar-refractivity contribution in [1.29, 1.82) is 0 Å². The highest BCUT2D eigenvalue weighted by Gasteiger charge is 2.21. The number of aryl methyl sites for hydroxylation is 1. The summed E-state index contributed by atoms with van der Waals surface area (Å²) in [5, 5.41) is 5.79. The Bertz CT molecular complexity index is 654. The van der Waals surface area contributed by atoms with Crippen LogP contribution in [0.15, 0.2) is 29.6 Å². The fraction of sp³-hybridized carbons (Fsp3) is 0.412. The van der Waals surface area contributed by atoms with Gasteiger partial charge in [-0.15, -0.1) is 11.3 Å². The van der Waals surface area contributed by atoms with Crippen LogP contribution in [0, 0.1) is 0 Å². The molecule has 1 aromatic heterocycles. The summed E-state index contributed by atoms with van der Waals surface area (Å²) in [6.07, 6.45) is 2.84. The number of rotatable bonds is 5. The van der Waals surface area contributed by atoms with Crippen molar-refractivity contribution in [3.05, 3.63) is 51.5 Å². The molecule has 22 heavy (non-hydrogen) atoms. The largest absolute Gasteiger partial charge is 0.371 e. The zero-order valence-electron chi connectivity index (χ0n) is 12.7. The second kappa shape index (κ2) is 7.03. The molecule has 0 spiro atoms. The maximum Gasteiger partial charge on any atom is 0.270 e. The molecule has 0 aliphatic carbocycles. The Hall–Kier alpha value is -1.72. The van der Waals surface area contributed by atoms with E-state index in [-0.39, 0.29) is 12.0 Å². The summed E-state index contributed by atoms with van der Waals surface area (Å²) in [7, 11) is 0. The van der Waals surface area contributed by atoms with Crippen molar-refractivity contribution in [2.24, 2.45) is 0 Å². The van der Waals surface area contributed by atoms with E-state index in [0.29, 0.717) is 18.8 Å². The van der Waals surface area contributed by atoms with Gasteiger partial charge in [-0.25, -0.2) is 4.98 Å². The Labute approximate surface area is 134 Å². The number of thiazole rings is 1. The Morgan fingerprint density at radius 3 is 3.18 bits per heavy atom. The van der Waals surface area contributed by atoms with Crippen LogP contribution in [0.3, 0.4) is 0 Å². The number of ether oxygens (including phenoxy) is 1. The molecule has 0 bridgehead atoms. The van der Waals surface area contributed by atoms with E-state index in [4.69, 9.17) is 4.74 Å². The first-order valence-corrected chi connectivity index (χ1v) is 8.58. The molecule has 1 aromatic carbocycles. The minimum atomic E-state index is -0.120. The van der Waals surface area contributed by atoms with Crippen LogP contribution in [0.5, 0.6) is 0 Å². The molecule has 2 aromatic rings. The molecular formula is C17H20N2O2S. The second-order valence-electron chi connectivity index (χ2n) is 5.39. The number of nitrogens with zero attached hydrogens (tertiary/aromatic N) is 1. The van der Waals surface area contributed by atoms with E-state index < -0.39 is 0 Å². The lowest BCUT2D eigenvalue weighted by atomic mass is 9.97. The Morgan fingerprint density at radius 2 is 2.32 bits per heavy atom. The molecule has 0 radical (unpaired) electrons. The third-order valence-corrected chi connectivity index (χ3v) is 4.70. The summed E-state index contributed by atoms with van der Waals surface area (Å²) in [4.78, 5) is 16.6. The lowest BCUT2D eigenvalue weighted by Gasteiger charge is -2.26. The first-order valence-electron chi connectivity index (χ1n) is 7.70. The van der Waals surface area contributed by atoms with Crippen molar-refractivity contribution >= 4 is 17.2 Å². The summed E-state index contributed by atoms with van der Waals surface area (Å²) in [6.45, 7) is 3.30. The van der Waals surface area contributed by atoms with E-state index in [1.54, 1.807) is 11.3 Å². The average Bonchev–Trinajstić information content (AvgIpc) is 3.02. The number of fused-ring (bicyclic) bond motifs is 1. The SMILES string of the molecule is CCCc1nc(C(=O)NC[C@@H]2OCCc3ccccc32)cs1. The van der Waals surface area contributed by atoms with Gasteiger partial charge in [0.2, 0.25) is 0 Å². The van der Waals surface area contributed by atoms with Crippen molar-refractivity contribution in [2.75, 3.05) is 13.2 Å². The first-order chi connectivity index (χ1) is 10.8. The topological polar surface area (TPSA) is 51.2 Å². The van der Waals surface area contributed by atoms with E-state index in [1.807, 2.05) is 17.5 Å². The number of hydrogen-bond donors (Lipinski definition) is 1. The summed E-state index contributed by atoms with van der Waals surface area (Å²) in [5.74, 6) is -0.120. The average molecular weight is 316 g/mol. The lowest BCUT2D eigenvalue weighted by molar-refractivity contribution is 0.0411. The molecule has 1 atom stereocenters.